The summed E-state index contributed by atoms with van der Waals surface area (Å²) < 4.78 is 0. The summed E-state index contributed by atoms with van der Waals surface area (Å²) in [5.74, 6) is 0.727. The number of hydrogen-bond acceptors (Lipinski definition) is 2. The van der Waals surface area contributed by atoms with Crippen molar-refractivity contribution in [2.75, 3.05) is 0 Å². The van der Waals surface area contributed by atoms with Crippen molar-refractivity contribution in [3.05, 3.63) is 0 Å². The van der Waals surface area contributed by atoms with Crippen LogP contribution in [0.3, 0.4) is 0 Å². The first kappa shape index (κ1) is 15.4. The Bertz CT molecular complexity index is 313. The van der Waals surface area contributed by atoms with E-state index < -0.39 is 5.41 Å². The van der Waals surface area contributed by atoms with Crippen molar-refractivity contribution in [1.82, 2.24) is 5.32 Å². The number of nitrogens with two attached hydrogens (primary N) is 1. The van der Waals surface area contributed by atoms with E-state index in [1.54, 1.807) is 0 Å². The lowest BCUT2D eigenvalue weighted by Gasteiger charge is -2.34. The van der Waals surface area contributed by atoms with Gasteiger partial charge in [-0.3, -0.25) is 4.79 Å². The van der Waals surface area contributed by atoms with Crippen LogP contribution in [0.2, 0.25) is 0 Å². The van der Waals surface area contributed by atoms with Gasteiger partial charge in [0.05, 0.1) is 10.4 Å². The van der Waals surface area contributed by atoms with Crippen LogP contribution in [0.4, 0.5) is 0 Å². The first-order valence-corrected chi connectivity index (χ1v) is 7.48. The quantitative estimate of drug-likeness (QED) is 0.755. The smallest absolute Gasteiger partial charge is 0.233 e. The van der Waals surface area contributed by atoms with E-state index in [9.17, 15) is 4.79 Å². The van der Waals surface area contributed by atoms with Crippen LogP contribution in [-0.2, 0) is 4.79 Å². The van der Waals surface area contributed by atoms with Gasteiger partial charge in [0.2, 0.25) is 5.91 Å². The third-order valence-corrected chi connectivity index (χ3v) is 4.78. The van der Waals surface area contributed by atoms with Gasteiger partial charge in [0.1, 0.15) is 0 Å². The van der Waals surface area contributed by atoms with Crippen LogP contribution in [-0.4, -0.2) is 16.9 Å². The number of amides is 1. The van der Waals surface area contributed by atoms with Crippen LogP contribution in [0.5, 0.6) is 0 Å². The SMILES string of the molecule is CCC(CC)(C(=O)NC1CCCC(C)C1)C(N)=S. The summed E-state index contributed by atoms with van der Waals surface area (Å²) in [6, 6.07) is 0.299. The third kappa shape index (κ3) is 3.22. The van der Waals surface area contributed by atoms with Gasteiger partial charge in [0.25, 0.3) is 0 Å². The Morgan fingerprint density at radius 2 is 2.00 bits per heavy atom. The molecule has 18 heavy (non-hydrogen) atoms. The Morgan fingerprint density at radius 3 is 2.44 bits per heavy atom. The fraction of sp³-hybridized carbons (Fsp3) is 0.857. The van der Waals surface area contributed by atoms with Crippen molar-refractivity contribution >= 4 is 23.1 Å². The van der Waals surface area contributed by atoms with Crippen molar-refractivity contribution in [3.63, 3.8) is 0 Å². The van der Waals surface area contributed by atoms with E-state index >= 15 is 0 Å². The minimum Gasteiger partial charge on any atom is -0.392 e. The summed E-state index contributed by atoms with van der Waals surface area (Å²) in [5, 5.41) is 3.17. The van der Waals surface area contributed by atoms with Crippen LogP contribution in [0.1, 0.15) is 59.3 Å². The number of thiocarbonyl (C=S) groups is 1. The number of carbonyl (C=O) groups is 1. The predicted molar refractivity (Wildman–Crippen MR) is 79.4 cm³/mol. The van der Waals surface area contributed by atoms with E-state index in [4.69, 9.17) is 18.0 Å². The standard InChI is InChI=1S/C14H26N2OS/c1-4-14(5-2,12(15)18)13(17)16-11-8-6-7-10(3)9-11/h10-11H,4-9H2,1-3H3,(H2,15,18)(H,16,17). The maximum atomic E-state index is 12.5. The van der Waals surface area contributed by atoms with E-state index in [2.05, 4.69) is 12.2 Å². The molecular weight excluding hydrogens is 244 g/mol. The molecule has 1 fully saturated rings. The Kier molecular flexibility index (Phi) is 5.57. The highest BCUT2D eigenvalue weighted by Gasteiger charge is 2.39. The molecule has 0 saturated heterocycles. The molecule has 1 amide bonds. The van der Waals surface area contributed by atoms with Crippen LogP contribution >= 0.6 is 12.2 Å². The molecule has 0 aromatic carbocycles. The van der Waals surface area contributed by atoms with E-state index in [0.29, 0.717) is 29.8 Å². The van der Waals surface area contributed by atoms with Gasteiger partial charge in [-0.1, -0.05) is 45.8 Å². The molecule has 0 aromatic heterocycles. The highest BCUT2D eigenvalue weighted by atomic mass is 32.1. The minimum absolute atomic E-state index is 0.0269. The summed E-state index contributed by atoms with van der Waals surface area (Å²) in [4.78, 5) is 12.8. The van der Waals surface area contributed by atoms with Crippen LogP contribution in [0, 0.1) is 11.3 Å². The summed E-state index contributed by atoms with van der Waals surface area (Å²) in [6.07, 6.45) is 5.97. The van der Waals surface area contributed by atoms with Gasteiger partial charge >= 0.3 is 0 Å². The van der Waals surface area contributed by atoms with Crippen molar-refractivity contribution in [2.24, 2.45) is 17.1 Å². The van der Waals surface area contributed by atoms with E-state index in [-0.39, 0.29) is 5.91 Å². The monoisotopic (exact) mass is 270 g/mol. The number of rotatable bonds is 5. The average molecular weight is 270 g/mol. The van der Waals surface area contributed by atoms with Crippen molar-refractivity contribution in [2.45, 2.75) is 65.3 Å². The Morgan fingerprint density at radius 1 is 1.39 bits per heavy atom. The lowest BCUT2D eigenvalue weighted by atomic mass is 9.80. The number of nitrogens with one attached hydrogen (secondary N) is 1. The van der Waals surface area contributed by atoms with Gasteiger partial charge in [0.15, 0.2) is 0 Å². The molecule has 3 N–H and O–H groups in total. The molecular formula is C14H26N2OS. The van der Waals surface area contributed by atoms with Crippen molar-refractivity contribution in [1.29, 1.82) is 0 Å². The number of hydrogen-bond donors (Lipinski definition) is 2. The molecule has 104 valence electrons. The second-order valence-electron chi connectivity index (χ2n) is 5.60. The molecule has 1 aliphatic carbocycles. The molecule has 4 heteroatoms. The first-order valence-electron chi connectivity index (χ1n) is 7.07. The summed E-state index contributed by atoms with van der Waals surface area (Å²) in [7, 11) is 0. The maximum absolute atomic E-state index is 12.5. The molecule has 0 aromatic rings. The number of carbonyl (C=O) groups excluding carboxylic acids is 1. The fourth-order valence-electron chi connectivity index (χ4n) is 2.92. The topological polar surface area (TPSA) is 55.1 Å². The van der Waals surface area contributed by atoms with Gasteiger partial charge in [-0.2, -0.15) is 0 Å². The van der Waals surface area contributed by atoms with Crippen LogP contribution in [0.15, 0.2) is 0 Å². The Hall–Kier alpha value is -0.640. The van der Waals surface area contributed by atoms with Gasteiger partial charge in [-0.25, -0.2) is 0 Å². The van der Waals surface area contributed by atoms with E-state index in [1.807, 2.05) is 13.8 Å². The first-order chi connectivity index (χ1) is 8.46. The van der Waals surface area contributed by atoms with Gasteiger partial charge < -0.3 is 11.1 Å². The molecule has 0 aliphatic heterocycles. The molecule has 0 radical (unpaired) electrons. The summed E-state index contributed by atoms with van der Waals surface area (Å²) in [6.45, 7) is 6.20. The lowest BCUT2D eigenvalue weighted by Crippen LogP contribution is -2.51. The van der Waals surface area contributed by atoms with Gasteiger partial charge in [-0.05, 0) is 31.6 Å². The molecule has 1 rings (SSSR count). The fourth-order valence-corrected chi connectivity index (χ4v) is 3.30. The highest BCUT2D eigenvalue weighted by molar-refractivity contribution is 7.80. The van der Waals surface area contributed by atoms with Gasteiger partial charge in [0, 0.05) is 6.04 Å². The predicted octanol–water partition coefficient (Wildman–Crippen LogP) is 2.77. The molecule has 0 heterocycles. The summed E-state index contributed by atoms with van der Waals surface area (Å²) >= 11 is 5.11. The molecule has 3 nitrogen and oxygen atoms in total. The third-order valence-electron chi connectivity index (χ3n) is 4.39. The average Bonchev–Trinajstić information content (AvgIpc) is 2.30. The largest absolute Gasteiger partial charge is 0.392 e. The van der Waals surface area contributed by atoms with Crippen molar-refractivity contribution in [3.8, 4) is 0 Å². The minimum atomic E-state index is -0.657. The second-order valence-corrected chi connectivity index (χ2v) is 6.04. The summed E-state index contributed by atoms with van der Waals surface area (Å²) in [5.41, 5.74) is 5.14. The Balaban J connectivity index is 2.70. The van der Waals surface area contributed by atoms with Crippen molar-refractivity contribution < 1.29 is 4.79 Å². The van der Waals surface area contributed by atoms with E-state index in [0.717, 1.165) is 12.8 Å². The highest BCUT2D eigenvalue weighted by Crippen LogP contribution is 2.29. The maximum Gasteiger partial charge on any atom is 0.233 e. The zero-order chi connectivity index (χ0) is 13.8. The molecule has 2 atom stereocenters. The molecule has 1 aliphatic rings. The second kappa shape index (κ2) is 6.50. The van der Waals surface area contributed by atoms with Crippen LogP contribution in [0.25, 0.3) is 0 Å². The lowest BCUT2D eigenvalue weighted by molar-refractivity contribution is -0.128. The zero-order valence-corrected chi connectivity index (χ0v) is 12.6. The normalized spacial score (nSPS) is 24.6. The van der Waals surface area contributed by atoms with E-state index in [1.165, 1.54) is 12.8 Å². The van der Waals surface area contributed by atoms with Crippen LogP contribution < -0.4 is 11.1 Å². The molecule has 1 saturated carbocycles. The Labute approximate surface area is 116 Å². The molecule has 0 bridgehead atoms. The molecule has 0 spiro atoms. The molecule has 2 unspecified atom stereocenters. The van der Waals surface area contributed by atoms with Gasteiger partial charge in [-0.15, -0.1) is 0 Å². The zero-order valence-electron chi connectivity index (χ0n) is 11.8.